The van der Waals surface area contributed by atoms with Gasteiger partial charge in [0.1, 0.15) is 0 Å². The van der Waals surface area contributed by atoms with Crippen molar-refractivity contribution in [2.24, 2.45) is 11.1 Å². The Morgan fingerprint density at radius 3 is 2.58 bits per heavy atom. The van der Waals surface area contributed by atoms with E-state index in [0.717, 1.165) is 13.0 Å². The monoisotopic (exact) mass is 169 g/mol. The fourth-order valence-electron chi connectivity index (χ4n) is 2.70. The molecule has 2 unspecified atom stereocenters. The zero-order valence-electron chi connectivity index (χ0n) is 7.82. The molecule has 2 rings (SSSR count). The summed E-state index contributed by atoms with van der Waals surface area (Å²) in [6.45, 7) is 5.53. The van der Waals surface area contributed by atoms with Crippen LogP contribution >= 0.6 is 0 Å². The summed E-state index contributed by atoms with van der Waals surface area (Å²) in [4.78, 5) is 0. The van der Waals surface area contributed by atoms with Crippen LogP contribution < -0.4 is 16.4 Å². The number of rotatable bonds is 0. The molecular formula is C9H19N3. The predicted molar refractivity (Wildman–Crippen MR) is 49.7 cm³/mol. The van der Waals surface area contributed by atoms with Gasteiger partial charge >= 0.3 is 0 Å². The maximum atomic E-state index is 6.09. The number of hydrogen-bond acceptors (Lipinski definition) is 3. The van der Waals surface area contributed by atoms with Crippen molar-refractivity contribution in [3.63, 3.8) is 0 Å². The first kappa shape index (κ1) is 8.48. The lowest BCUT2D eigenvalue weighted by Gasteiger charge is -2.42. The quantitative estimate of drug-likeness (QED) is 0.479. The van der Waals surface area contributed by atoms with E-state index < -0.39 is 0 Å². The number of piperidine rings is 1. The van der Waals surface area contributed by atoms with Gasteiger partial charge in [0.2, 0.25) is 0 Å². The summed E-state index contributed by atoms with van der Waals surface area (Å²) in [7, 11) is 0. The van der Waals surface area contributed by atoms with Crippen LogP contribution in [-0.4, -0.2) is 25.3 Å². The normalized spacial score (nSPS) is 48.5. The average molecular weight is 169 g/mol. The van der Waals surface area contributed by atoms with Gasteiger partial charge in [0.05, 0.1) is 5.66 Å². The minimum Gasteiger partial charge on any atom is -0.316 e. The molecule has 0 aromatic rings. The van der Waals surface area contributed by atoms with Crippen LogP contribution in [0.3, 0.4) is 0 Å². The third-order valence-electron chi connectivity index (χ3n) is 3.26. The van der Waals surface area contributed by atoms with Gasteiger partial charge in [0.15, 0.2) is 0 Å². The first-order valence-corrected chi connectivity index (χ1v) is 4.87. The lowest BCUT2D eigenvalue weighted by molar-refractivity contribution is 0.131. The van der Waals surface area contributed by atoms with Gasteiger partial charge in [-0.1, -0.05) is 0 Å². The highest BCUT2D eigenvalue weighted by Crippen LogP contribution is 2.38. The molecule has 3 nitrogen and oxygen atoms in total. The van der Waals surface area contributed by atoms with E-state index in [1.54, 1.807) is 0 Å². The van der Waals surface area contributed by atoms with Gasteiger partial charge in [-0.25, -0.2) is 0 Å². The molecule has 2 atom stereocenters. The zero-order chi connectivity index (χ0) is 8.66. The zero-order valence-corrected chi connectivity index (χ0v) is 7.82. The molecule has 2 aliphatic heterocycles. The van der Waals surface area contributed by atoms with Gasteiger partial charge < -0.3 is 11.1 Å². The summed E-state index contributed by atoms with van der Waals surface area (Å²) < 4.78 is 0. The van der Waals surface area contributed by atoms with Crippen molar-refractivity contribution in [3.8, 4) is 0 Å². The fourth-order valence-corrected chi connectivity index (χ4v) is 2.70. The second-order valence-corrected chi connectivity index (χ2v) is 4.70. The molecule has 0 bridgehead atoms. The van der Waals surface area contributed by atoms with E-state index in [-0.39, 0.29) is 5.66 Å². The number of nitrogens with two attached hydrogens (primary N) is 1. The molecular weight excluding hydrogens is 150 g/mol. The topological polar surface area (TPSA) is 50.1 Å². The van der Waals surface area contributed by atoms with E-state index in [1.165, 1.54) is 25.9 Å². The summed E-state index contributed by atoms with van der Waals surface area (Å²) >= 11 is 0. The highest BCUT2D eigenvalue weighted by atomic mass is 15.1. The second-order valence-electron chi connectivity index (χ2n) is 4.70. The lowest BCUT2D eigenvalue weighted by atomic mass is 9.74. The van der Waals surface area contributed by atoms with Gasteiger partial charge in [-0.05, 0) is 44.7 Å². The summed E-state index contributed by atoms with van der Waals surface area (Å²) in [6, 6.07) is 0. The molecule has 0 aromatic heterocycles. The highest BCUT2D eigenvalue weighted by Gasteiger charge is 2.41. The molecule has 2 saturated heterocycles. The predicted octanol–water partition coefficient (Wildman–Crippen LogP) is 0.0244. The molecule has 70 valence electrons. The molecule has 4 N–H and O–H groups in total. The Bertz CT molecular complexity index is 171. The smallest absolute Gasteiger partial charge is 0.0638 e. The summed E-state index contributed by atoms with van der Waals surface area (Å²) in [5.41, 5.74) is 6.47. The minimum absolute atomic E-state index is 0.135. The van der Waals surface area contributed by atoms with E-state index in [9.17, 15) is 0 Å². The van der Waals surface area contributed by atoms with Crippen LogP contribution in [0.2, 0.25) is 0 Å². The minimum atomic E-state index is -0.135. The van der Waals surface area contributed by atoms with E-state index in [1.807, 2.05) is 0 Å². The van der Waals surface area contributed by atoms with E-state index >= 15 is 0 Å². The Labute approximate surface area is 74.1 Å². The van der Waals surface area contributed by atoms with E-state index in [4.69, 9.17) is 5.73 Å². The Kier molecular flexibility index (Phi) is 1.90. The highest BCUT2D eigenvalue weighted by molar-refractivity contribution is 4.98. The molecule has 2 aliphatic rings. The average Bonchev–Trinajstić information content (AvgIpc) is 2.34. The molecule has 2 heterocycles. The van der Waals surface area contributed by atoms with Crippen LogP contribution in [0.5, 0.6) is 0 Å². The third kappa shape index (κ3) is 1.49. The van der Waals surface area contributed by atoms with Crippen LogP contribution in [-0.2, 0) is 0 Å². The number of hydrogen-bond donors (Lipinski definition) is 3. The molecule has 3 heteroatoms. The molecule has 2 fully saturated rings. The van der Waals surface area contributed by atoms with Crippen molar-refractivity contribution < 1.29 is 0 Å². The van der Waals surface area contributed by atoms with Crippen LogP contribution in [0.25, 0.3) is 0 Å². The van der Waals surface area contributed by atoms with Gasteiger partial charge in [-0.2, -0.15) is 0 Å². The largest absolute Gasteiger partial charge is 0.316 e. The molecule has 0 aromatic carbocycles. The van der Waals surface area contributed by atoms with Crippen LogP contribution in [0.4, 0.5) is 0 Å². The number of nitrogens with one attached hydrogen (secondary N) is 2. The Hall–Kier alpha value is -0.120. The lowest BCUT2D eigenvalue weighted by Crippen LogP contribution is -2.59. The fraction of sp³-hybridized carbons (Fsp3) is 1.00. The molecule has 0 amide bonds. The third-order valence-corrected chi connectivity index (χ3v) is 3.26. The van der Waals surface area contributed by atoms with Gasteiger partial charge in [0, 0.05) is 6.54 Å². The van der Waals surface area contributed by atoms with Crippen molar-refractivity contribution in [2.45, 2.75) is 31.8 Å². The second kappa shape index (κ2) is 2.69. The van der Waals surface area contributed by atoms with E-state index in [0.29, 0.717) is 5.41 Å². The maximum Gasteiger partial charge on any atom is 0.0638 e. The van der Waals surface area contributed by atoms with Crippen LogP contribution in [0, 0.1) is 5.41 Å². The Morgan fingerprint density at radius 2 is 2.00 bits per heavy atom. The molecule has 12 heavy (non-hydrogen) atoms. The van der Waals surface area contributed by atoms with Crippen molar-refractivity contribution in [2.75, 3.05) is 19.6 Å². The first-order chi connectivity index (χ1) is 5.62. The van der Waals surface area contributed by atoms with Crippen molar-refractivity contribution in [1.29, 1.82) is 0 Å². The van der Waals surface area contributed by atoms with Crippen molar-refractivity contribution >= 4 is 0 Å². The van der Waals surface area contributed by atoms with Gasteiger partial charge in [0.25, 0.3) is 0 Å². The van der Waals surface area contributed by atoms with Crippen LogP contribution in [0.15, 0.2) is 0 Å². The summed E-state index contributed by atoms with van der Waals surface area (Å²) in [5.74, 6) is 0. The van der Waals surface area contributed by atoms with Gasteiger partial charge in [-0.15, -0.1) is 0 Å². The Morgan fingerprint density at radius 1 is 1.25 bits per heavy atom. The standard InChI is InChI=1S/C9H19N3/c1-8(10)6-9(3-5-12-8)2-4-11-7-9/h11-12H,2-7,10H2,1H3. The summed E-state index contributed by atoms with van der Waals surface area (Å²) in [6.07, 6.45) is 3.71. The van der Waals surface area contributed by atoms with Crippen molar-refractivity contribution in [3.05, 3.63) is 0 Å². The first-order valence-electron chi connectivity index (χ1n) is 4.87. The molecule has 0 radical (unpaired) electrons. The molecule has 1 spiro atoms. The molecule has 0 saturated carbocycles. The van der Waals surface area contributed by atoms with Gasteiger partial charge in [-0.3, -0.25) is 5.32 Å². The maximum absolute atomic E-state index is 6.09. The Balaban J connectivity index is 2.07. The summed E-state index contributed by atoms with van der Waals surface area (Å²) in [5, 5.41) is 6.80. The van der Waals surface area contributed by atoms with Crippen molar-refractivity contribution in [1.82, 2.24) is 10.6 Å². The SMILES string of the molecule is CC1(N)CC2(CCNC2)CCN1. The van der Waals surface area contributed by atoms with E-state index in [2.05, 4.69) is 17.6 Å². The molecule has 0 aliphatic carbocycles. The van der Waals surface area contributed by atoms with Crippen LogP contribution in [0.1, 0.15) is 26.2 Å².